The maximum absolute atomic E-state index is 13.4. The highest BCUT2D eigenvalue weighted by atomic mass is 79.9. The Morgan fingerprint density at radius 1 is 0.947 bits per heavy atom. The Morgan fingerprint density at radius 2 is 1.53 bits per heavy atom. The van der Waals surface area contributed by atoms with Crippen molar-refractivity contribution in [2.75, 3.05) is 13.7 Å². The van der Waals surface area contributed by atoms with Gasteiger partial charge in [0.15, 0.2) is 0 Å². The summed E-state index contributed by atoms with van der Waals surface area (Å²) < 4.78 is 32.9. The van der Waals surface area contributed by atoms with E-state index in [9.17, 15) is 22.8 Å². The highest BCUT2D eigenvalue weighted by Gasteiger charge is 2.35. The van der Waals surface area contributed by atoms with Crippen molar-refractivity contribution < 1.29 is 27.5 Å². The number of halogens is 1. The number of fused-ring (bicyclic) bond motifs is 1. The van der Waals surface area contributed by atoms with Crippen LogP contribution in [-0.4, -0.2) is 53.9 Å². The molecule has 38 heavy (non-hydrogen) atoms. The summed E-state index contributed by atoms with van der Waals surface area (Å²) in [4.78, 5) is 38.5. The van der Waals surface area contributed by atoms with Crippen molar-refractivity contribution in [3.05, 3.63) is 95.6 Å². The molecule has 0 radical (unpaired) electrons. The molecule has 4 rings (SSSR count). The van der Waals surface area contributed by atoms with Crippen molar-refractivity contribution in [3.8, 4) is 5.75 Å². The maximum atomic E-state index is 13.4. The molecule has 1 N–H and O–H groups in total. The number of hydrogen-bond acceptors (Lipinski definition) is 6. The van der Waals surface area contributed by atoms with Crippen LogP contribution in [0.5, 0.6) is 5.75 Å². The lowest BCUT2D eigenvalue weighted by Crippen LogP contribution is -2.48. The largest absolute Gasteiger partial charge is 0.497 e. The summed E-state index contributed by atoms with van der Waals surface area (Å²) in [5.74, 6) is -0.789. The summed E-state index contributed by atoms with van der Waals surface area (Å²) in [6, 6.07) is 21.4. The van der Waals surface area contributed by atoms with Crippen LogP contribution in [0.1, 0.15) is 39.1 Å². The van der Waals surface area contributed by atoms with Gasteiger partial charge in [-0.3, -0.25) is 24.7 Å². The molecule has 1 heterocycles. The summed E-state index contributed by atoms with van der Waals surface area (Å²) in [7, 11) is -2.62. The normalized spacial score (nSPS) is 13.9. The molecule has 0 saturated carbocycles. The first-order valence-corrected chi connectivity index (χ1v) is 14.2. The van der Waals surface area contributed by atoms with Crippen LogP contribution in [-0.2, 0) is 21.4 Å². The third-order valence-corrected chi connectivity index (χ3v) is 8.60. The monoisotopic (exact) mass is 599 g/mol. The molecule has 0 aliphatic carbocycles. The Labute approximate surface area is 229 Å². The summed E-state index contributed by atoms with van der Waals surface area (Å²) >= 11 is 3.33. The molecule has 0 bridgehead atoms. The number of ether oxygens (including phenoxy) is 1. The van der Waals surface area contributed by atoms with E-state index in [0.29, 0.717) is 28.9 Å². The minimum atomic E-state index is -4.10. The lowest BCUT2D eigenvalue weighted by molar-refractivity contribution is -0.123. The molecular weight excluding hydrogens is 574 g/mol. The number of alkyl halides is 1. The number of benzene rings is 3. The van der Waals surface area contributed by atoms with Gasteiger partial charge in [-0.05, 0) is 54.8 Å². The number of carbonyl (C=O) groups is 3. The molecule has 1 aliphatic rings. The van der Waals surface area contributed by atoms with E-state index in [-0.39, 0.29) is 36.2 Å². The summed E-state index contributed by atoms with van der Waals surface area (Å²) in [5, 5.41) is 0. The van der Waals surface area contributed by atoms with Gasteiger partial charge >= 0.3 is 0 Å². The van der Waals surface area contributed by atoms with Crippen LogP contribution in [0.25, 0.3) is 0 Å². The summed E-state index contributed by atoms with van der Waals surface area (Å²) in [6.07, 6.45) is 0.611. The van der Waals surface area contributed by atoms with E-state index < -0.39 is 20.8 Å². The number of nitrogens with zero attached hydrogens (tertiary/aromatic N) is 2. The number of amides is 3. The molecule has 3 amide bonds. The average Bonchev–Trinajstić information content (AvgIpc) is 3.18. The van der Waals surface area contributed by atoms with Crippen molar-refractivity contribution in [3.63, 3.8) is 0 Å². The molecule has 3 aromatic rings. The van der Waals surface area contributed by atoms with Gasteiger partial charge in [0.25, 0.3) is 21.8 Å². The molecule has 198 valence electrons. The molecule has 0 unspecified atom stereocenters. The molecule has 0 spiro atoms. The van der Waals surface area contributed by atoms with Gasteiger partial charge in [-0.1, -0.05) is 58.4 Å². The molecule has 3 aromatic carbocycles. The summed E-state index contributed by atoms with van der Waals surface area (Å²) in [5.41, 5.74) is 3.94. The number of carbonyl (C=O) groups excluding carboxylic acids is 3. The third-order valence-electron chi connectivity index (χ3n) is 6.05. The van der Waals surface area contributed by atoms with Crippen LogP contribution in [0, 0.1) is 0 Å². The van der Waals surface area contributed by atoms with Crippen LogP contribution in [0.15, 0.2) is 83.8 Å². The molecule has 1 aliphatic heterocycles. The SMILES string of the molecule is COc1ccc(S(=O)(=O)N(Cc2ccccc2)NC(=O)[C@@H](Br)CCCN2C(=O)c3ccccc3C2=O)cc1. The van der Waals surface area contributed by atoms with Crippen molar-refractivity contribution >= 4 is 43.7 Å². The first-order valence-electron chi connectivity index (χ1n) is 11.8. The third kappa shape index (κ3) is 5.95. The van der Waals surface area contributed by atoms with Crippen LogP contribution < -0.4 is 10.2 Å². The quantitative estimate of drug-likeness (QED) is 0.204. The van der Waals surface area contributed by atoms with Gasteiger partial charge in [0.2, 0.25) is 5.91 Å². The fourth-order valence-electron chi connectivity index (χ4n) is 4.00. The number of nitrogens with one attached hydrogen (secondary N) is 1. The lowest BCUT2D eigenvalue weighted by atomic mass is 10.1. The van der Waals surface area contributed by atoms with Crippen molar-refractivity contribution in [1.29, 1.82) is 0 Å². The fourth-order valence-corrected chi connectivity index (χ4v) is 5.69. The van der Waals surface area contributed by atoms with E-state index >= 15 is 0 Å². The molecular formula is C27H26BrN3O6S. The van der Waals surface area contributed by atoms with Crippen LogP contribution in [0.3, 0.4) is 0 Å². The fraction of sp³-hybridized carbons (Fsp3) is 0.222. The van der Waals surface area contributed by atoms with Crippen LogP contribution >= 0.6 is 15.9 Å². The van der Waals surface area contributed by atoms with E-state index in [1.165, 1.54) is 31.4 Å². The molecule has 0 aromatic heterocycles. The van der Waals surface area contributed by atoms with Gasteiger partial charge < -0.3 is 4.74 Å². The van der Waals surface area contributed by atoms with E-state index in [1.807, 2.05) is 6.07 Å². The number of hydrogen-bond donors (Lipinski definition) is 1. The van der Waals surface area contributed by atoms with Crippen LogP contribution in [0.2, 0.25) is 0 Å². The Kier molecular flexibility index (Phi) is 8.60. The Balaban J connectivity index is 1.42. The maximum Gasteiger partial charge on any atom is 0.261 e. The highest BCUT2D eigenvalue weighted by Crippen LogP contribution is 2.24. The Bertz CT molecular complexity index is 1400. The van der Waals surface area contributed by atoms with E-state index in [1.54, 1.807) is 48.5 Å². The predicted octanol–water partition coefficient (Wildman–Crippen LogP) is 3.76. The molecule has 0 fully saturated rings. The second-order valence-corrected chi connectivity index (χ2v) is 11.5. The van der Waals surface area contributed by atoms with E-state index in [2.05, 4.69) is 21.4 Å². The molecule has 9 nitrogen and oxygen atoms in total. The standard InChI is InChI=1S/C27H26BrN3O6S/c1-37-20-13-15-21(16-14-20)38(35,36)31(18-19-8-3-2-4-9-19)29-25(32)24(28)12-7-17-30-26(33)22-10-5-6-11-23(22)27(30)34/h2-6,8-11,13-16,24H,7,12,17-18H2,1H3,(H,29,32)/t24-/m0/s1. The Morgan fingerprint density at radius 3 is 2.11 bits per heavy atom. The van der Waals surface area contributed by atoms with Gasteiger partial charge in [-0.25, -0.2) is 8.42 Å². The van der Waals surface area contributed by atoms with Crippen molar-refractivity contribution in [1.82, 2.24) is 14.7 Å². The number of hydrazine groups is 1. The zero-order chi connectivity index (χ0) is 27.3. The molecule has 1 atom stereocenters. The van der Waals surface area contributed by atoms with Gasteiger partial charge in [0.1, 0.15) is 5.75 Å². The first kappa shape index (κ1) is 27.5. The van der Waals surface area contributed by atoms with Gasteiger partial charge in [-0.2, -0.15) is 0 Å². The zero-order valence-electron chi connectivity index (χ0n) is 20.5. The second-order valence-electron chi connectivity index (χ2n) is 8.57. The van der Waals surface area contributed by atoms with Crippen molar-refractivity contribution in [2.24, 2.45) is 0 Å². The lowest BCUT2D eigenvalue weighted by Gasteiger charge is -2.24. The topological polar surface area (TPSA) is 113 Å². The number of imide groups is 1. The first-order chi connectivity index (χ1) is 18.2. The number of methoxy groups -OCH3 is 1. The smallest absolute Gasteiger partial charge is 0.261 e. The van der Waals surface area contributed by atoms with Crippen LogP contribution in [0.4, 0.5) is 0 Å². The minimum Gasteiger partial charge on any atom is -0.497 e. The van der Waals surface area contributed by atoms with E-state index in [4.69, 9.17) is 4.74 Å². The average molecular weight is 600 g/mol. The number of rotatable bonds is 11. The van der Waals surface area contributed by atoms with Gasteiger partial charge in [0.05, 0.1) is 34.5 Å². The second kappa shape index (κ2) is 11.9. The molecule has 0 saturated heterocycles. The van der Waals surface area contributed by atoms with E-state index in [0.717, 1.165) is 9.31 Å². The van der Waals surface area contributed by atoms with Gasteiger partial charge in [-0.15, -0.1) is 4.41 Å². The summed E-state index contributed by atoms with van der Waals surface area (Å²) in [6.45, 7) is 0.0509. The number of sulfonamides is 1. The molecule has 11 heteroatoms. The van der Waals surface area contributed by atoms with Crippen molar-refractivity contribution in [2.45, 2.75) is 29.1 Å². The van der Waals surface area contributed by atoms with Gasteiger partial charge in [0, 0.05) is 6.54 Å². The minimum absolute atomic E-state index is 0.00808. The zero-order valence-corrected chi connectivity index (χ0v) is 22.9. The highest BCUT2D eigenvalue weighted by molar-refractivity contribution is 9.10. The predicted molar refractivity (Wildman–Crippen MR) is 144 cm³/mol. The Hall–Kier alpha value is -3.54.